The summed E-state index contributed by atoms with van der Waals surface area (Å²) in [7, 11) is 0. The molecule has 0 unspecified atom stereocenters. The maximum atomic E-state index is 6.68. The molecule has 0 spiro atoms. The van der Waals surface area contributed by atoms with Gasteiger partial charge in [-0.05, 0) is 64.6 Å². The van der Waals surface area contributed by atoms with Crippen molar-refractivity contribution < 1.29 is 25.8 Å². The van der Waals surface area contributed by atoms with Crippen molar-refractivity contribution in [1.82, 2.24) is 19.1 Å². The Hall–Kier alpha value is -5.58. The number of imidazole rings is 1. The van der Waals surface area contributed by atoms with Crippen LogP contribution in [0.15, 0.2) is 134 Å². The van der Waals surface area contributed by atoms with Crippen molar-refractivity contribution in [3.8, 4) is 39.8 Å². The molecule has 7 heteroatoms. The molecule has 50 heavy (non-hydrogen) atoms. The van der Waals surface area contributed by atoms with E-state index in [1.54, 1.807) is 0 Å². The third kappa shape index (κ3) is 5.46. The number of ether oxygens (including phenoxy) is 1. The largest absolute Gasteiger partial charge is 0.509 e. The van der Waals surface area contributed by atoms with Gasteiger partial charge in [0.05, 0.1) is 0 Å². The molecule has 5 aromatic carbocycles. The summed E-state index contributed by atoms with van der Waals surface area (Å²) in [4.78, 5) is 11.6. The zero-order valence-electron chi connectivity index (χ0n) is 27.7. The van der Waals surface area contributed by atoms with Gasteiger partial charge in [-0.25, -0.2) is 4.98 Å². The fourth-order valence-corrected chi connectivity index (χ4v) is 6.67. The van der Waals surface area contributed by atoms with Crippen molar-refractivity contribution in [2.75, 3.05) is 4.90 Å². The first-order valence-corrected chi connectivity index (χ1v) is 16.4. The summed E-state index contributed by atoms with van der Waals surface area (Å²) in [5.74, 6) is 2.94. The van der Waals surface area contributed by atoms with Gasteiger partial charge in [0, 0.05) is 55.8 Å². The summed E-state index contributed by atoms with van der Waals surface area (Å²) < 4.78 is 10.9. The molecule has 6 nitrogen and oxygen atoms in total. The van der Waals surface area contributed by atoms with Gasteiger partial charge in [-0.2, -0.15) is 6.07 Å². The Bertz CT molecular complexity index is 2510. The van der Waals surface area contributed by atoms with Gasteiger partial charge in [0.1, 0.15) is 5.82 Å². The van der Waals surface area contributed by atoms with E-state index in [4.69, 9.17) is 9.72 Å². The van der Waals surface area contributed by atoms with E-state index in [9.17, 15) is 0 Å². The van der Waals surface area contributed by atoms with Crippen molar-refractivity contribution in [3.05, 3.63) is 158 Å². The van der Waals surface area contributed by atoms with Crippen LogP contribution in [0.5, 0.6) is 11.5 Å². The van der Waals surface area contributed by atoms with Crippen LogP contribution in [0.1, 0.15) is 26.3 Å². The molecule has 0 aliphatic carbocycles. The molecular formula is C43H32N5OPt-3. The van der Waals surface area contributed by atoms with E-state index in [-0.39, 0.29) is 26.5 Å². The summed E-state index contributed by atoms with van der Waals surface area (Å²) in [5, 5.41) is 2.23. The minimum atomic E-state index is -0.0164. The minimum absolute atomic E-state index is 0. The zero-order chi connectivity index (χ0) is 33.1. The van der Waals surface area contributed by atoms with Crippen LogP contribution in [0.4, 0.5) is 11.4 Å². The number of aromatic nitrogens is 4. The summed E-state index contributed by atoms with van der Waals surface area (Å²) in [6, 6.07) is 46.8. The molecule has 4 heterocycles. The van der Waals surface area contributed by atoms with E-state index in [1.165, 1.54) is 5.56 Å². The molecule has 1 aliphatic heterocycles. The van der Waals surface area contributed by atoms with E-state index in [0.29, 0.717) is 11.5 Å². The molecule has 9 rings (SSSR count). The van der Waals surface area contributed by atoms with Crippen LogP contribution in [0.25, 0.3) is 50.1 Å². The Morgan fingerprint density at radius 1 is 0.700 bits per heavy atom. The van der Waals surface area contributed by atoms with E-state index < -0.39 is 0 Å². The van der Waals surface area contributed by atoms with Crippen LogP contribution < -0.4 is 9.64 Å². The number of pyridine rings is 1. The number of nitrogens with zero attached hydrogens (tertiary/aromatic N) is 5. The van der Waals surface area contributed by atoms with Gasteiger partial charge in [0.25, 0.3) is 0 Å². The maximum Gasteiger partial charge on any atom is 0.135 e. The van der Waals surface area contributed by atoms with Gasteiger partial charge in [0.2, 0.25) is 0 Å². The molecule has 0 N–H and O–H groups in total. The van der Waals surface area contributed by atoms with Crippen molar-refractivity contribution >= 4 is 33.2 Å². The van der Waals surface area contributed by atoms with Gasteiger partial charge in [-0.15, -0.1) is 41.3 Å². The van der Waals surface area contributed by atoms with E-state index >= 15 is 0 Å². The summed E-state index contributed by atoms with van der Waals surface area (Å²) in [6.45, 7) is 8.71. The standard InChI is InChI=1S/C43H32N5O.Pt/c1-43(2,3)31-19-20-44-41(25-31)48-39-16-10-7-13-35(39)36-18-17-33(27-40(36)48)49-34-24-30(29-11-5-4-6-12-29)23-32(26-34)47-28-46-22-21-45-42(46)37-14-8-9-15-38(37)47;/h4-25,28H,1-3H3;/q-3;. The maximum absolute atomic E-state index is 6.68. The van der Waals surface area contributed by atoms with Crippen LogP contribution in [0.2, 0.25) is 0 Å². The molecule has 8 aromatic rings. The number of hydrogen-bond acceptors (Lipinski definition) is 4. The number of anilines is 2. The first kappa shape index (κ1) is 31.7. The smallest absolute Gasteiger partial charge is 0.135 e. The van der Waals surface area contributed by atoms with Crippen LogP contribution >= 0.6 is 0 Å². The van der Waals surface area contributed by atoms with Crippen LogP contribution in [0.3, 0.4) is 0 Å². The average molecular weight is 830 g/mol. The molecule has 3 aromatic heterocycles. The predicted molar refractivity (Wildman–Crippen MR) is 196 cm³/mol. The molecular weight excluding hydrogens is 798 g/mol. The van der Waals surface area contributed by atoms with Gasteiger partial charge >= 0.3 is 0 Å². The average Bonchev–Trinajstić information content (AvgIpc) is 3.74. The number of para-hydroxylation sites is 2. The Morgan fingerprint density at radius 2 is 1.50 bits per heavy atom. The van der Waals surface area contributed by atoms with Gasteiger partial charge in [-0.3, -0.25) is 0 Å². The molecule has 0 fully saturated rings. The second kappa shape index (κ2) is 12.4. The van der Waals surface area contributed by atoms with E-state index in [1.807, 2.05) is 60.2 Å². The number of hydrogen-bond donors (Lipinski definition) is 0. The van der Waals surface area contributed by atoms with Gasteiger partial charge < -0.3 is 23.8 Å². The fraction of sp³-hybridized carbons (Fsp3) is 0.0930. The van der Waals surface area contributed by atoms with Crippen molar-refractivity contribution in [2.24, 2.45) is 0 Å². The molecule has 0 saturated heterocycles. The second-order valence-corrected chi connectivity index (χ2v) is 13.3. The Balaban J connectivity index is 0.00000361. The Kier molecular flexibility index (Phi) is 7.85. The van der Waals surface area contributed by atoms with Crippen molar-refractivity contribution in [1.29, 1.82) is 0 Å². The predicted octanol–water partition coefficient (Wildman–Crippen LogP) is 10.5. The minimum Gasteiger partial charge on any atom is -0.509 e. The topological polar surface area (TPSA) is 48.1 Å². The molecule has 0 saturated carbocycles. The van der Waals surface area contributed by atoms with Crippen LogP contribution in [-0.4, -0.2) is 19.1 Å². The summed E-state index contributed by atoms with van der Waals surface area (Å²) in [6.07, 6.45) is 5.68. The molecule has 0 bridgehead atoms. The van der Waals surface area contributed by atoms with Gasteiger partial charge in [-0.1, -0.05) is 105 Å². The van der Waals surface area contributed by atoms with E-state index in [0.717, 1.165) is 61.5 Å². The summed E-state index contributed by atoms with van der Waals surface area (Å²) >= 11 is 0. The number of fused-ring (bicyclic) bond motifs is 6. The monoisotopic (exact) mass is 829 g/mol. The zero-order valence-corrected chi connectivity index (χ0v) is 30.0. The number of benzene rings is 5. The summed E-state index contributed by atoms with van der Waals surface area (Å²) in [5.41, 5.74) is 8.20. The van der Waals surface area contributed by atoms with E-state index in [2.05, 4.69) is 132 Å². The second-order valence-electron chi connectivity index (χ2n) is 13.3. The SMILES string of the molecule is CC(C)(C)c1ccnc(-n2c3[c-]c(Oc4[c-]c(N5[CH-]n6ccnc6-c6ccccc65)cc(-c5ccccc5)c4)ccc3c3ccccc32)c1.[Pt]. The van der Waals surface area contributed by atoms with Crippen molar-refractivity contribution in [3.63, 3.8) is 0 Å². The molecule has 0 atom stereocenters. The van der Waals surface area contributed by atoms with Crippen LogP contribution in [0, 0.1) is 18.8 Å². The third-order valence-electron chi connectivity index (χ3n) is 9.13. The normalized spacial score (nSPS) is 12.3. The molecule has 0 amide bonds. The fourth-order valence-electron chi connectivity index (χ4n) is 6.67. The Morgan fingerprint density at radius 3 is 2.36 bits per heavy atom. The third-order valence-corrected chi connectivity index (χ3v) is 9.13. The first-order valence-electron chi connectivity index (χ1n) is 16.4. The van der Waals surface area contributed by atoms with Crippen LogP contribution in [-0.2, 0) is 26.5 Å². The molecule has 0 radical (unpaired) electrons. The van der Waals surface area contributed by atoms with Crippen molar-refractivity contribution in [2.45, 2.75) is 26.2 Å². The quantitative estimate of drug-likeness (QED) is 0.162. The number of rotatable bonds is 5. The Labute approximate surface area is 305 Å². The molecule has 248 valence electrons. The van der Waals surface area contributed by atoms with Gasteiger partial charge in [0.15, 0.2) is 0 Å². The molecule has 1 aliphatic rings. The first-order chi connectivity index (χ1) is 23.9.